The summed E-state index contributed by atoms with van der Waals surface area (Å²) in [7, 11) is 0. The minimum atomic E-state index is -0.0578. The Morgan fingerprint density at radius 2 is 1.60 bits per heavy atom. The van der Waals surface area contributed by atoms with Gasteiger partial charge in [0, 0.05) is 36.4 Å². The lowest BCUT2D eigenvalue weighted by Gasteiger charge is -2.26. The van der Waals surface area contributed by atoms with E-state index in [0.717, 1.165) is 19.3 Å². The Hall–Kier alpha value is -2.42. The van der Waals surface area contributed by atoms with Gasteiger partial charge in [0.05, 0.1) is 0 Å². The molecule has 3 heteroatoms. The van der Waals surface area contributed by atoms with Crippen LogP contribution in [0.4, 0.5) is 0 Å². The van der Waals surface area contributed by atoms with Gasteiger partial charge in [-0.1, -0.05) is 55.0 Å². The van der Waals surface area contributed by atoms with E-state index in [0.29, 0.717) is 24.3 Å². The number of likely N-dealkylation sites (tertiary alicyclic amines) is 1. The van der Waals surface area contributed by atoms with Crippen molar-refractivity contribution in [1.29, 1.82) is 0 Å². The molecule has 1 heterocycles. The number of benzene rings is 2. The molecule has 1 amide bonds. The monoisotopic (exact) mass is 333 g/mol. The summed E-state index contributed by atoms with van der Waals surface area (Å²) < 4.78 is 0. The van der Waals surface area contributed by atoms with Crippen LogP contribution in [0.1, 0.15) is 47.5 Å². The van der Waals surface area contributed by atoms with Crippen LogP contribution in [-0.4, -0.2) is 29.2 Å². The highest BCUT2D eigenvalue weighted by molar-refractivity contribution is 5.96. The summed E-state index contributed by atoms with van der Waals surface area (Å²) in [5.74, 6) is 0.450. The number of nitrogens with zero attached hydrogens (tertiary/aromatic N) is 1. The minimum absolute atomic E-state index is 0.0351. The van der Waals surface area contributed by atoms with Crippen LogP contribution in [0.15, 0.2) is 60.7 Å². The first-order valence-electron chi connectivity index (χ1n) is 9.19. The minimum Gasteiger partial charge on any atom is -0.334 e. The van der Waals surface area contributed by atoms with Crippen molar-refractivity contribution in [2.45, 2.75) is 37.6 Å². The van der Waals surface area contributed by atoms with Gasteiger partial charge in [-0.3, -0.25) is 9.59 Å². The maximum absolute atomic E-state index is 13.1. The quantitative estimate of drug-likeness (QED) is 0.831. The summed E-state index contributed by atoms with van der Waals surface area (Å²) in [5.41, 5.74) is 1.89. The molecule has 2 aromatic carbocycles. The Bertz CT molecular complexity index is 756. The standard InChI is InChI=1S/C22H23NO2/c24-20-14-8-7-13-19-21(20)18(16-9-3-1-4-10-16)15-23(19)22(25)17-11-5-2-6-12-17/h1-6,9-12,18-19,21H,7-8,13-15H2/t18-,19+,21-/m1/s1. The second kappa shape index (κ2) is 6.83. The molecular formula is C22H23NO2. The molecule has 25 heavy (non-hydrogen) atoms. The van der Waals surface area contributed by atoms with Crippen molar-refractivity contribution in [2.24, 2.45) is 5.92 Å². The van der Waals surface area contributed by atoms with Crippen molar-refractivity contribution in [1.82, 2.24) is 4.90 Å². The predicted octanol–water partition coefficient (Wildman–Crippen LogP) is 4.05. The van der Waals surface area contributed by atoms with Crippen LogP contribution in [0.3, 0.4) is 0 Å². The molecule has 0 radical (unpaired) electrons. The van der Waals surface area contributed by atoms with Gasteiger partial charge in [0.25, 0.3) is 5.91 Å². The molecule has 0 bridgehead atoms. The summed E-state index contributed by atoms with van der Waals surface area (Å²) in [6.45, 7) is 0.638. The van der Waals surface area contributed by atoms with Crippen LogP contribution in [0, 0.1) is 5.92 Å². The van der Waals surface area contributed by atoms with Gasteiger partial charge < -0.3 is 4.90 Å². The molecule has 4 rings (SSSR count). The molecule has 0 N–H and O–H groups in total. The van der Waals surface area contributed by atoms with Crippen molar-refractivity contribution in [3.05, 3.63) is 71.8 Å². The van der Waals surface area contributed by atoms with Crippen LogP contribution in [0.2, 0.25) is 0 Å². The Morgan fingerprint density at radius 1 is 0.920 bits per heavy atom. The molecule has 0 unspecified atom stereocenters. The number of rotatable bonds is 2. The predicted molar refractivity (Wildman–Crippen MR) is 97.4 cm³/mol. The fourth-order valence-electron chi connectivity index (χ4n) is 4.51. The van der Waals surface area contributed by atoms with Gasteiger partial charge in [0.1, 0.15) is 5.78 Å². The van der Waals surface area contributed by atoms with E-state index < -0.39 is 0 Å². The average molecular weight is 333 g/mol. The number of hydrogen-bond acceptors (Lipinski definition) is 2. The average Bonchev–Trinajstić information content (AvgIpc) is 2.95. The van der Waals surface area contributed by atoms with Gasteiger partial charge in [-0.2, -0.15) is 0 Å². The fourth-order valence-corrected chi connectivity index (χ4v) is 4.51. The highest BCUT2D eigenvalue weighted by Gasteiger charge is 2.48. The zero-order valence-electron chi connectivity index (χ0n) is 14.3. The molecule has 1 saturated carbocycles. The normalized spacial score (nSPS) is 26.2. The molecule has 2 aliphatic rings. The Balaban J connectivity index is 1.71. The van der Waals surface area contributed by atoms with E-state index in [-0.39, 0.29) is 23.8 Å². The topological polar surface area (TPSA) is 37.4 Å². The maximum atomic E-state index is 13.1. The first-order chi connectivity index (χ1) is 12.3. The third-order valence-corrected chi connectivity index (χ3v) is 5.70. The summed E-state index contributed by atoms with van der Waals surface area (Å²) in [5, 5.41) is 0. The van der Waals surface area contributed by atoms with Crippen LogP contribution >= 0.6 is 0 Å². The molecule has 128 valence electrons. The van der Waals surface area contributed by atoms with E-state index in [1.54, 1.807) is 0 Å². The SMILES string of the molecule is O=C1CCCC[C@H]2[C@H]1[C@@H](c1ccccc1)CN2C(=O)c1ccccc1. The molecule has 1 aliphatic heterocycles. The number of hydrogen-bond donors (Lipinski definition) is 0. The van der Waals surface area contributed by atoms with Crippen LogP contribution in [-0.2, 0) is 4.79 Å². The molecule has 2 fully saturated rings. The van der Waals surface area contributed by atoms with Crippen LogP contribution in [0.25, 0.3) is 0 Å². The second-order valence-electron chi connectivity index (χ2n) is 7.15. The second-order valence-corrected chi connectivity index (χ2v) is 7.15. The molecule has 1 saturated heterocycles. The summed E-state index contributed by atoms with van der Waals surface area (Å²) in [6.07, 6.45) is 3.55. The Kier molecular flexibility index (Phi) is 4.39. The summed E-state index contributed by atoms with van der Waals surface area (Å²) in [6, 6.07) is 19.7. The zero-order chi connectivity index (χ0) is 17.2. The van der Waals surface area contributed by atoms with E-state index in [1.807, 2.05) is 53.4 Å². The Morgan fingerprint density at radius 3 is 2.32 bits per heavy atom. The van der Waals surface area contributed by atoms with E-state index >= 15 is 0 Å². The Labute approximate surface area is 148 Å². The van der Waals surface area contributed by atoms with Crippen molar-refractivity contribution in [2.75, 3.05) is 6.54 Å². The molecule has 0 aromatic heterocycles. The lowest BCUT2D eigenvalue weighted by Crippen LogP contribution is -2.39. The van der Waals surface area contributed by atoms with E-state index in [9.17, 15) is 9.59 Å². The van der Waals surface area contributed by atoms with Gasteiger partial charge >= 0.3 is 0 Å². The largest absolute Gasteiger partial charge is 0.334 e. The highest BCUT2D eigenvalue weighted by atomic mass is 16.2. The van der Waals surface area contributed by atoms with Crippen LogP contribution in [0.5, 0.6) is 0 Å². The van der Waals surface area contributed by atoms with Crippen molar-refractivity contribution < 1.29 is 9.59 Å². The van der Waals surface area contributed by atoms with Gasteiger partial charge in [-0.15, -0.1) is 0 Å². The smallest absolute Gasteiger partial charge is 0.254 e. The number of carbonyl (C=O) groups is 2. The number of fused-ring (bicyclic) bond motifs is 1. The number of carbonyl (C=O) groups excluding carboxylic acids is 2. The number of ketones is 1. The van der Waals surface area contributed by atoms with Crippen molar-refractivity contribution in [3.63, 3.8) is 0 Å². The first kappa shape index (κ1) is 16.1. The van der Waals surface area contributed by atoms with E-state index in [4.69, 9.17) is 0 Å². The van der Waals surface area contributed by atoms with Gasteiger partial charge in [0.15, 0.2) is 0 Å². The number of Topliss-reactive ketones (excluding diaryl/α,β-unsaturated/α-hetero) is 1. The van der Waals surface area contributed by atoms with E-state index in [1.165, 1.54) is 5.56 Å². The number of amides is 1. The van der Waals surface area contributed by atoms with Crippen molar-refractivity contribution >= 4 is 11.7 Å². The lowest BCUT2D eigenvalue weighted by atomic mass is 9.82. The summed E-state index contributed by atoms with van der Waals surface area (Å²) in [4.78, 5) is 27.9. The summed E-state index contributed by atoms with van der Waals surface area (Å²) >= 11 is 0. The maximum Gasteiger partial charge on any atom is 0.254 e. The molecule has 2 aromatic rings. The first-order valence-corrected chi connectivity index (χ1v) is 9.19. The van der Waals surface area contributed by atoms with Crippen LogP contribution < -0.4 is 0 Å². The van der Waals surface area contributed by atoms with Crippen molar-refractivity contribution in [3.8, 4) is 0 Å². The zero-order valence-corrected chi connectivity index (χ0v) is 14.3. The molecule has 1 aliphatic carbocycles. The third kappa shape index (κ3) is 2.99. The third-order valence-electron chi connectivity index (χ3n) is 5.70. The van der Waals surface area contributed by atoms with Gasteiger partial charge in [-0.05, 0) is 30.5 Å². The van der Waals surface area contributed by atoms with Gasteiger partial charge in [-0.25, -0.2) is 0 Å². The molecular weight excluding hydrogens is 310 g/mol. The van der Waals surface area contributed by atoms with Gasteiger partial charge in [0.2, 0.25) is 0 Å². The lowest BCUT2D eigenvalue weighted by molar-refractivity contribution is -0.123. The molecule has 0 spiro atoms. The fraction of sp³-hybridized carbons (Fsp3) is 0.364. The molecule has 3 nitrogen and oxygen atoms in total. The molecule has 3 atom stereocenters. The van der Waals surface area contributed by atoms with E-state index in [2.05, 4.69) is 12.1 Å². The highest BCUT2D eigenvalue weighted by Crippen LogP contribution is 2.42.